The molecule has 0 bridgehead atoms. The normalized spacial score (nSPS) is 19.8. The van der Waals surface area contributed by atoms with Gasteiger partial charge >= 0.3 is 5.97 Å². The van der Waals surface area contributed by atoms with Gasteiger partial charge in [-0.15, -0.1) is 0 Å². The second kappa shape index (κ2) is 7.14. The first kappa shape index (κ1) is 16.7. The highest BCUT2D eigenvalue weighted by atomic mass is 19.1. The second-order valence-corrected chi connectivity index (χ2v) is 6.46. The Bertz CT molecular complexity index is 686. The molecule has 0 saturated carbocycles. The average molecular weight is 327 g/mol. The van der Waals surface area contributed by atoms with E-state index in [0.29, 0.717) is 13.0 Å². The fourth-order valence-corrected chi connectivity index (χ4v) is 3.62. The van der Waals surface area contributed by atoms with Gasteiger partial charge in [-0.05, 0) is 49.6 Å². The number of aryl methyl sites for hydroxylation is 1. The lowest BCUT2D eigenvalue weighted by Crippen LogP contribution is -2.46. The largest absolute Gasteiger partial charge is 0.480 e. The van der Waals surface area contributed by atoms with Crippen LogP contribution < -0.4 is 0 Å². The molecule has 2 unspecified atom stereocenters. The topological polar surface area (TPSA) is 40.5 Å². The zero-order valence-electron chi connectivity index (χ0n) is 13.8. The highest BCUT2D eigenvalue weighted by Gasteiger charge is 2.35. The van der Waals surface area contributed by atoms with E-state index in [9.17, 15) is 14.3 Å². The van der Waals surface area contributed by atoms with E-state index in [4.69, 9.17) is 0 Å². The number of aliphatic carboxylic acids is 1. The molecule has 2 aromatic rings. The fourth-order valence-electron chi connectivity index (χ4n) is 3.62. The number of hydrogen-bond donors (Lipinski definition) is 1. The van der Waals surface area contributed by atoms with Gasteiger partial charge < -0.3 is 5.11 Å². The van der Waals surface area contributed by atoms with Crippen LogP contribution in [0.5, 0.6) is 0 Å². The predicted molar refractivity (Wildman–Crippen MR) is 91.4 cm³/mol. The molecule has 1 fully saturated rings. The minimum Gasteiger partial charge on any atom is -0.480 e. The van der Waals surface area contributed by atoms with Gasteiger partial charge in [-0.2, -0.15) is 0 Å². The van der Waals surface area contributed by atoms with Crippen LogP contribution in [0.15, 0.2) is 48.5 Å². The number of carbonyl (C=O) groups is 1. The summed E-state index contributed by atoms with van der Waals surface area (Å²) >= 11 is 0. The molecule has 1 heterocycles. The molecule has 0 radical (unpaired) electrons. The molecule has 1 saturated heterocycles. The Labute approximate surface area is 141 Å². The third-order valence-corrected chi connectivity index (χ3v) is 4.68. The van der Waals surface area contributed by atoms with Crippen molar-refractivity contribution in [2.75, 3.05) is 6.54 Å². The molecule has 3 nitrogen and oxygen atoms in total. The van der Waals surface area contributed by atoms with Crippen LogP contribution in [0.25, 0.3) is 0 Å². The maximum absolute atomic E-state index is 13.8. The molecule has 126 valence electrons. The smallest absolute Gasteiger partial charge is 0.320 e. The van der Waals surface area contributed by atoms with E-state index >= 15 is 0 Å². The maximum atomic E-state index is 13.8. The fraction of sp³-hybridized carbons (Fsp3) is 0.350. The van der Waals surface area contributed by atoms with Crippen LogP contribution in [0.4, 0.5) is 4.39 Å². The van der Waals surface area contributed by atoms with Crippen LogP contribution in [-0.2, 0) is 4.79 Å². The molecule has 1 aliphatic rings. The van der Waals surface area contributed by atoms with Crippen molar-refractivity contribution in [3.63, 3.8) is 0 Å². The van der Waals surface area contributed by atoms with Crippen molar-refractivity contribution >= 4 is 5.97 Å². The van der Waals surface area contributed by atoms with E-state index in [2.05, 4.69) is 6.07 Å². The van der Waals surface area contributed by atoms with Crippen LogP contribution in [-0.4, -0.2) is 28.6 Å². The van der Waals surface area contributed by atoms with Crippen molar-refractivity contribution in [2.24, 2.45) is 0 Å². The van der Waals surface area contributed by atoms with Crippen molar-refractivity contribution in [3.8, 4) is 0 Å². The lowest BCUT2D eigenvalue weighted by molar-refractivity contribution is -0.145. The molecule has 3 rings (SSSR count). The predicted octanol–water partition coefficient (Wildman–Crippen LogP) is 4.16. The van der Waals surface area contributed by atoms with E-state index < -0.39 is 12.0 Å². The average Bonchev–Trinajstić information content (AvgIpc) is 2.56. The van der Waals surface area contributed by atoms with Crippen LogP contribution in [0.1, 0.15) is 42.0 Å². The molecule has 2 atom stereocenters. The highest BCUT2D eigenvalue weighted by molar-refractivity contribution is 5.73. The summed E-state index contributed by atoms with van der Waals surface area (Å²) in [5, 5.41) is 9.64. The third-order valence-electron chi connectivity index (χ3n) is 4.68. The summed E-state index contributed by atoms with van der Waals surface area (Å²) in [7, 11) is 0. The summed E-state index contributed by atoms with van der Waals surface area (Å²) in [5.74, 6) is -1.10. The van der Waals surface area contributed by atoms with Gasteiger partial charge in [0.05, 0.1) is 6.04 Å². The van der Waals surface area contributed by atoms with Crippen LogP contribution in [0, 0.1) is 12.7 Å². The number of piperidine rings is 1. The summed E-state index contributed by atoms with van der Waals surface area (Å²) in [4.78, 5) is 13.8. The van der Waals surface area contributed by atoms with Crippen molar-refractivity contribution in [1.82, 2.24) is 4.90 Å². The zero-order chi connectivity index (χ0) is 17.1. The molecule has 0 amide bonds. The van der Waals surface area contributed by atoms with Gasteiger partial charge in [0.15, 0.2) is 0 Å². The number of carboxylic acid groups (broad SMARTS) is 1. The lowest BCUT2D eigenvalue weighted by Gasteiger charge is -2.39. The lowest BCUT2D eigenvalue weighted by atomic mass is 9.91. The van der Waals surface area contributed by atoms with Crippen molar-refractivity contribution < 1.29 is 14.3 Å². The van der Waals surface area contributed by atoms with E-state index in [0.717, 1.165) is 29.5 Å². The van der Waals surface area contributed by atoms with Gasteiger partial charge in [0.1, 0.15) is 11.9 Å². The molecule has 0 aromatic heterocycles. The Morgan fingerprint density at radius 3 is 2.54 bits per heavy atom. The zero-order valence-corrected chi connectivity index (χ0v) is 13.8. The first-order valence-electron chi connectivity index (χ1n) is 8.37. The second-order valence-electron chi connectivity index (χ2n) is 6.46. The molecule has 24 heavy (non-hydrogen) atoms. The van der Waals surface area contributed by atoms with Gasteiger partial charge in [-0.1, -0.05) is 48.4 Å². The monoisotopic (exact) mass is 327 g/mol. The van der Waals surface area contributed by atoms with E-state index in [1.807, 2.05) is 36.1 Å². The van der Waals surface area contributed by atoms with Crippen molar-refractivity contribution in [3.05, 3.63) is 71.0 Å². The van der Waals surface area contributed by atoms with Gasteiger partial charge in [0.2, 0.25) is 0 Å². The minimum absolute atomic E-state index is 0.248. The Balaban J connectivity index is 2.09. The summed E-state index contributed by atoms with van der Waals surface area (Å²) in [6, 6.07) is 13.8. The Kier molecular flexibility index (Phi) is 4.95. The van der Waals surface area contributed by atoms with E-state index in [1.165, 1.54) is 12.1 Å². The van der Waals surface area contributed by atoms with Crippen molar-refractivity contribution in [2.45, 2.75) is 38.3 Å². The molecule has 1 aliphatic heterocycles. The number of carboxylic acids is 1. The first-order valence-corrected chi connectivity index (χ1v) is 8.37. The van der Waals surface area contributed by atoms with E-state index in [-0.39, 0.29) is 11.9 Å². The van der Waals surface area contributed by atoms with Gasteiger partial charge in [0, 0.05) is 0 Å². The summed E-state index contributed by atoms with van der Waals surface area (Å²) in [6.45, 7) is 2.71. The molecule has 2 aromatic carbocycles. The SMILES string of the molecule is Cc1cccc(C(c2cccc(F)c2)N2CCCCC2C(=O)O)c1. The molecule has 0 spiro atoms. The molecule has 1 N–H and O–H groups in total. The number of hydrogen-bond acceptors (Lipinski definition) is 2. The first-order chi connectivity index (χ1) is 11.6. The van der Waals surface area contributed by atoms with E-state index in [1.54, 1.807) is 6.07 Å². The Hall–Kier alpha value is -2.20. The molecule has 0 aliphatic carbocycles. The Morgan fingerprint density at radius 1 is 1.17 bits per heavy atom. The quantitative estimate of drug-likeness (QED) is 0.916. The van der Waals surface area contributed by atoms with Crippen molar-refractivity contribution in [1.29, 1.82) is 0 Å². The summed E-state index contributed by atoms with van der Waals surface area (Å²) < 4.78 is 13.8. The summed E-state index contributed by atoms with van der Waals surface area (Å²) in [5.41, 5.74) is 2.92. The third kappa shape index (κ3) is 3.49. The van der Waals surface area contributed by atoms with Gasteiger partial charge in [-0.3, -0.25) is 9.69 Å². The highest BCUT2D eigenvalue weighted by Crippen LogP contribution is 2.34. The standard InChI is InChI=1S/C20H22FNO2/c1-14-6-4-7-15(12-14)19(16-8-5-9-17(21)13-16)22-11-3-2-10-18(22)20(23)24/h4-9,12-13,18-19H,2-3,10-11H2,1H3,(H,23,24). The number of nitrogens with zero attached hydrogens (tertiary/aromatic N) is 1. The summed E-state index contributed by atoms with van der Waals surface area (Å²) in [6.07, 6.45) is 2.51. The van der Waals surface area contributed by atoms with Gasteiger partial charge in [0.25, 0.3) is 0 Å². The van der Waals surface area contributed by atoms with Crippen LogP contribution in [0.2, 0.25) is 0 Å². The molecular weight excluding hydrogens is 305 g/mol. The van der Waals surface area contributed by atoms with Gasteiger partial charge in [-0.25, -0.2) is 4.39 Å². The number of benzene rings is 2. The number of halogens is 1. The van der Waals surface area contributed by atoms with Crippen LogP contribution in [0.3, 0.4) is 0 Å². The Morgan fingerprint density at radius 2 is 1.88 bits per heavy atom. The number of likely N-dealkylation sites (tertiary alicyclic amines) is 1. The van der Waals surface area contributed by atoms with Crippen LogP contribution >= 0.6 is 0 Å². The minimum atomic E-state index is -0.802. The molecular formula is C20H22FNO2. The number of rotatable bonds is 4. The molecule has 4 heteroatoms. The maximum Gasteiger partial charge on any atom is 0.320 e.